The van der Waals surface area contributed by atoms with Crippen LogP contribution in [0.4, 0.5) is 0 Å². The van der Waals surface area contributed by atoms with Gasteiger partial charge in [-0.05, 0) is 18.4 Å². The van der Waals surface area contributed by atoms with Crippen molar-refractivity contribution in [3.63, 3.8) is 0 Å². The molecule has 0 radical (unpaired) electrons. The number of likely N-dealkylation sites (tertiary alicyclic amines) is 1. The van der Waals surface area contributed by atoms with Crippen molar-refractivity contribution in [2.45, 2.75) is 31.1 Å². The molecule has 1 aliphatic heterocycles. The van der Waals surface area contributed by atoms with Crippen LogP contribution in [-0.2, 0) is 14.9 Å². The predicted octanol–water partition coefficient (Wildman–Crippen LogP) is 2.46. The molecule has 1 saturated carbocycles. The van der Waals surface area contributed by atoms with E-state index in [2.05, 4.69) is 7.05 Å². The monoisotopic (exact) mass is 260 g/mol. The molecule has 1 saturated heterocycles. The summed E-state index contributed by atoms with van der Waals surface area (Å²) in [6.07, 6.45) is 4.36. The lowest BCUT2D eigenvalue weighted by molar-refractivity contribution is -0.914. The van der Waals surface area contributed by atoms with Crippen LogP contribution in [0.25, 0.3) is 0 Å². The van der Waals surface area contributed by atoms with Gasteiger partial charge in [0, 0.05) is 12.8 Å². The lowest BCUT2D eigenvalue weighted by atomic mass is 9.96. The first-order valence-corrected chi connectivity index (χ1v) is 7.21. The summed E-state index contributed by atoms with van der Waals surface area (Å²) in [6, 6.07) is 10.1. The lowest BCUT2D eigenvalue weighted by Gasteiger charge is -2.28. The molecule has 19 heavy (non-hydrogen) atoms. The van der Waals surface area contributed by atoms with Crippen LogP contribution in [0.3, 0.4) is 0 Å². The molecule has 1 aromatic carbocycles. The van der Waals surface area contributed by atoms with Crippen molar-refractivity contribution >= 4 is 5.97 Å². The average molecular weight is 260 g/mol. The molecular weight excluding hydrogens is 238 g/mol. The second kappa shape index (κ2) is 4.64. The van der Waals surface area contributed by atoms with Gasteiger partial charge in [0.2, 0.25) is 6.73 Å². The zero-order valence-electron chi connectivity index (χ0n) is 11.6. The van der Waals surface area contributed by atoms with Crippen molar-refractivity contribution < 1.29 is 14.0 Å². The maximum Gasteiger partial charge on any atom is 0.320 e. The van der Waals surface area contributed by atoms with Crippen LogP contribution in [0, 0.1) is 0 Å². The molecule has 0 bridgehead atoms. The van der Waals surface area contributed by atoms with Crippen molar-refractivity contribution in [3.8, 4) is 0 Å². The standard InChI is InChI=1S/C16H22NO2/c1-17(11-5-6-12-17)13-19-15(18)16(9-10-16)14-7-3-2-4-8-14/h2-4,7-8H,5-6,9-13H2,1H3/q+1. The Morgan fingerprint density at radius 1 is 1.21 bits per heavy atom. The molecular formula is C16H22NO2+. The molecule has 0 amide bonds. The van der Waals surface area contributed by atoms with Gasteiger partial charge in [0.1, 0.15) is 0 Å². The Hall–Kier alpha value is -1.35. The van der Waals surface area contributed by atoms with E-state index < -0.39 is 0 Å². The molecule has 0 N–H and O–H groups in total. The molecule has 3 rings (SSSR count). The Morgan fingerprint density at radius 2 is 1.84 bits per heavy atom. The molecule has 3 heteroatoms. The summed E-state index contributed by atoms with van der Waals surface area (Å²) in [5, 5.41) is 0. The minimum absolute atomic E-state index is 0.0232. The van der Waals surface area contributed by atoms with Crippen molar-refractivity contribution in [3.05, 3.63) is 35.9 Å². The van der Waals surface area contributed by atoms with Crippen LogP contribution in [0.5, 0.6) is 0 Å². The third-order valence-corrected chi connectivity index (χ3v) is 4.62. The molecule has 102 valence electrons. The van der Waals surface area contributed by atoms with E-state index in [9.17, 15) is 4.79 Å². The van der Waals surface area contributed by atoms with Crippen LogP contribution in [0.1, 0.15) is 31.2 Å². The topological polar surface area (TPSA) is 26.3 Å². The van der Waals surface area contributed by atoms with Crippen LogP contribution < -0.4 is 0 Å². The SMILES string of the molecule is C[N+]1(COC(=O)C2(c3ccccc3)CC2)CCCC1. The van der Waals surface area contributed by atoms with Crippen molar-refractivity contribution in [1.29, 1.82) is 0 Å². The van der Waals surface area contributed by atoms with E-state index in [0.29, 0.717) is 6.73 Å². The third kappa shape index (κ3) is 2.39. The number of hydrogen-bond donors (Lipinski definition) is 0. The fourth-order valence-corrected chi connectivity index (χ4v) is 3.07. The van der Waals surface area contributed by atoms with E-state index >= 15 is 0 Å². The summed E-state index contributed by atoms with van der Waals surface area (Å²) in [5.74, 6) is -0.0232. The predicted molar refractivity (Wildman–Crippen MR) is 73.5 cm³/mol. The minimum Gasteiger partial charge on any atom is -0.414 e. The highest BCUT2D eigenvalue weighted by atomic mass is 16.5. The highest BCUT2D eigenvalue weighted by Crippen LogP contribution is 2.49. The molecule has 1 aliphatic carbocycles. The van der Waals surface area contributed by atoms with Gasteiger partial charge in [-0.2, -0.15) is 0 Å². The number of esters is 1. The quantitative estimate of drug-likeness (QED) is 0.614. The fourth-order valence-electron chi connectivity index (χ4n) is 3.07. The smallest absolute Gasteiger partial charge is 0.320 e. The van der Waals surface area contributed by atoms with Gasteiger partial charge in [0.25, 0.3) is 0 Å². The molecule has 1 aromatic rings. The van der Waals surface area contributed by atoms with Gasteiger partial charge >= 0.3 is 5.97 Å². The minimum atomic E-state index is -0.333. The number of hydrogen-bond acceptors (Lipinski definition) is 2. The fraction of sp³-hybridized carbons (Fsp3) is 0.562. The molecule has 0 unspecified atom stereocenters. The second-order valence-corrected chi connectivity index (χ2v) is 6.28. The highest BCUT2D eigenvalue weighted by Gasteiger charge is 2.53. The summed E-state index contributed by atoms with van der Waals surface area (Å²) < 4.78 is 6.53. The Kier molecular flexibility index (Phi) is 3.09. The normalized spacial score (nSPS) is 23.0. The average Bonchev–Trinajstić information content (AvgIpc) is 3.15. The van der Waals surface area contributed by atoms with E-state index in [-0.39, 0.29) is 11.4 Å². The first kappa shape index (κ1) is 12.7. The number of quaternary nitrogens is 1. The first-order valence-electron chi connectivity index (χ1n) is 7.21. The number of carbonyl (C=O) groups is 1. The maximum absolute atomic E-state index is 12.4. The van der Waals surface area contributed by atoms with Crippen molar-refractivity contribution in [2.75, 3.05) is 26.9 Å². The van der Waals surface area contributed by atoms with Gasteiger partial charge in [-0.25, -0.2) is 0 Å². The van der Waals surface area contributed by atoms with Crippen LogP contribution in [-0.4, -0.2) is 37.3 Å². The summed E-state index contributed by atoms with van der Waals surface area (Å²) in [6.45, 7) is 2.80. The molecule has 2 aliphatic rings. The second-order valence-electron chi connectivity index (χ2n) is 6.28. The van der Waals surface area contributed by atoms with Gasteiger partial charge in [0.05, 0.1) is 25.6 Å². The van der Waals surface area contributed by atoms with E-state index in [1.807, 2.05) is 30.3 Å². The van der Waals surface area contributed by atoms with Gasteiger partial charge < -0.3 is 4.74 Å². The Bertz CT molecular complexity index is 459. The Balaban J connectivity index is 1.65. The molecule has 1 heterocycles. The zero-order valence-corrected chi connectivity index (χ0v) is 11.6. The molecule has 2 fully saturated rings. The summed E-state index contributed by atoms with van der Waals surface area (Å²) in [7, 11) is 2.18. The summed E-state index contributed by atoms with van der Waals surface area (Å²) in [4.78, 5) is 12.4. The number of carbonyl (C=O) groups excluding carboxylic acids is 1. The lowest BCUT2D eigenvalue weighted by Crippen LogP contribution is -2.44. The van der Waals surface area contributed by atoms with E-state index in [1.54, 1.807) is 0 Å². The number of nitrogens with zero attached hydrogens (tertiary/aromatic N) is 1. The molecule has 0 spiro atoms. The van der Waals surface area contributed by atoms with Crippen molar-refractivity contribution in [1.82, 2.24) is 0 Å². The van der Waals surface area contributed by atoms with Gasteiger partial charge in [0.15, 0.2) is 0 Å². The summed E-state index contributed by atoms with van der Waals surface area (Å²) in [5.41, 5.74) is 0.782. The van der Waals surface area contributed by atoms with E-state index in [0.717, 1.165) is 36.0 Å². The van der Waals surface area contributed by atoms with Gasteiger partial charge in [-0.1, -0.05) is 30.3 Å². The van der Waals surface area contributed by atoms with Gasteiger partial charge in [-0.15, -0.1) is 0 Å². The number of benzene rings is 1. The number of rotatable bonds is 4. The van der Waals surface area contributed by atoms with E-state index in [4.69, 9.17) is 4.74 Å². The van der Waals surface area contributed by atoms with Gasteiger partial charge in [-0.3, -0.25) is 9.28 Å². The Morgan fingerprint density at radius 3 is 2.42 bits per heavy atom. The largest absolute Gasteiger partial charge is 0.414 e. The first-order chi connectivity index (χ1) is 9.15. The molecule has 0 aromatic heterocycles. The molecule has 0 atom stereocenters. The zero-order chi connectivity index (χ0) is 13.3. The Labute approximate surface area is 114 Å². The van der Waals surface area contributed by atoms with Crippen LogP contribution >= 0.6 is 0 Å². The van der Waals surface area contributed by atoms with E-state index in [1.165, 1.54) is 12.8 Å². The summed E-state index contributed by atoms with van der Waals surface area (Å²) >= 11 is 0. The number of ether oxygens (including phenoxy) is 1. The highest BCUT2D eigenvalue weighted by molar-refractivity contribution is 5.86. The third-order valence-electron chi connectivity index (χ3n) is 4.62. The van der Waals surface area contributed by atoms with Crippen LogP contribution in [0.15, 0.2) is 30.3 Å². The molecule has 3 nitrogen and oxygen atoms in total. The van der Waals surface area contributed by atoms with Crippen LogP contribution in [0.2, 0.25) is 0 Å². The maximum atomic E-state index is 12.4. The van der Waals surface area contributed by atoms with Crippen molar-refractivity contribution in [2.24, 2.45) is 0 Å².